The second-order valence-electron chi connectivity index (χ2n) is 11.4. The number of aliphatic hydroxyl groups is 1. The number of nitrogens with zero attached hydrogens (tertiary/aromatic N) is 2. The van der Waals surface area contributed by atoms with Gasteiger partial charge in [-0.05, 0) is 101 Å². The molecule has 7 heteroatoms. The van der Waals surface area contributed by atoms with Gasteiger partial charge >= 0.3 is 0 Å². The summed E-state index contributed by atoms with van der Waals surface area (Å²) in [6, 6.07) is 7.90. The second-order valence-corrected chi connectivity index (χ2v) is 12.3. The number of benzene rings is 1. The summed E-state index contributed by atoms with van der Waals surface area (Å²) in [5.74, 6) is 2.63. The summed E-state index contributed by atoms with van der Waals surface area (Å²) in [6.07, 6.45) is 12.7. The first-order chi connectivity index (χ1) is 19.3. The molecule has 0 saturated heterocycles. The van der Waals surface area contributed by atoms with Gasteiger partial charge in [-0.25, -0.2) is 4.98 Å². The third-order valence-electron chi connectivity index (χ3n) is 8.26. The molecule has 4 rings (SSSR count). The largest absolute Gasteiger partial charge is 0.497 e. The molecule has 0 aliphatic heterocycles. The standard InChI is InChI=1S/C33H44N2O4S/c1-23(2)31(38-4)17-8-24(3)26-11-9-25(10-12-26)21-35(33(37)27-13-15-29(36)16-14-27)28-6-5-7-30(20-28)39-22-32-34-18-19-40-32/h5-8,17-20,25-27,29,36H,3,9-16,21-22H2,1-2,4H3/b17-8-. The first kappa shape index (κ1) is 30.1. The van der Waals surface area contributed by atoms with Gasteiger partial charge in [-0.3, -0.25) is 4.79 Å². The van der Waals surface area contributed by atoms with Crippen LogP contribution >= 0.6 is 11.3 Å². The number of carbonyl (C=O) groups excluding carboxylic acids is 1. The Bertz CT molecular complexity index is 1170. The van der Waals surface area contributed by atoms with Gasteiger partial charge in [0.1, 0.15) is 23.1 Å². The van der Waals surface area contributed by atoms with Crippen molar-refractivity contribution in [1.82, 2.24) is 4.98 Å². The number of carbonyl (C=O) groups is 1. The third-order valence-corrected chi connectivity index (χ3v) is 9.01. The van der Waals surface area contributed by atoms with E-state index in [-0.39, 0.29) is 17.9 Å². The van der Waals surface area contributed by atoms with Crippen molar-refractivity contribution in [3.05, 3.63) is 76.5 Å². The minimum absolute atomic E-state index is 0.0467. The van der Waals surface area contributed by atoms with E-state index in [0.717, 1.165) is 71.9 Å². The molecule has 1 aromatic carbocycles. The lowest BCUT2D eigenvalue weighted by molar-refractivity contribution is -0.124. The number of methoxy groups -OCH3 is 1. The zero-order chi connectivity index (χ0) is 28.5. The van der Waals surface area contributed by atoms with Gasteiger partial charge < -0.3 is 19.5 Å². The van der Waals surface area contributed by atoms with Crippen LogP contribution in [0.3, 0.4) is 0 Å². The van der Waals surface area contributed by atoms with Crippen LogP contribution in [0.2, 0.25) is 0 Å². The summed E-state index contributed by atoms with van der Waals surface area (Å²) in [4.78, 5) is 20.2. The van der Waals surface area contributed by atoms with Crippen molar-refractivity contribution in [2.75, 3.05) is 18.6 Å². The van der Waals surface area contributed by atoms with Crippen LogP contribution < -0.4 is 9.64 Å². The molecule has 0 spiro atoms. The molecule has 0 radical (unpaired) electrons. The zero-order valence-electron chi connectivity index (χ0n) is 24.2. The van der Waals surface area contributed by atoms with Crippen LogP contribution in [0.25, 0.3) is 0 Å². The molecular formula is C33H44N2O4S. The quantitative estimate of drug-likeness (QED) is 0.226. The maximum Gasteiger partial charge on any atom is 0.230 e. The topological polar surface area (TPSA) is 71.9 Å². The number of rotatable bonds is 11. The van der Waals surface area contributed by atoms with E-state index >= 15 is 0 Å². The summed E-state index contributed by atoms with van der Waals surface area (Å²) < 4.78 is 11.5. The molecule has 2 fully saturated rings. The van der Waals surface area contributed by atoms with E-state index in [2.05, 4.69) is 17.6 Å². The number of amides is 1. The molecule has 2 aliphatic rings. The highest BCUT2D eigenvalue weighted by Crippen LogP contribution is 2.36. The van der Waals surface area contributed by atoms with Crippen molar-refractivity contribution in [2.45, 2.75) is 77.9 Å². The fraction of sp³-hybridized carbons (Fsp3) is 0.515. The molecule has 1 N–H and O–H groups in total. The van der Waals surface area contributed by atoms with Crippen LogP contribution in [0.1, 0.15) is 70.2 Å². The van der Waals surface area contributed by atoms with E-state index in [1.165, 1.54) is 0 Å². The van der Waals surface area contributed by atoms with Crippen LogP contribution in [0, 0.1) is 17.8 Å². The fourth-order valence-electron chi connectivity index (χ4n) is 5.81. The number of aliphatic hydroxyl groups excluding tert-OH is 1. The van der Waals surface area contributed by atoms with E-state index in [1.54, 1.807) is 24.6 Å². The molecule has 40 heavy (non-hydrogen) atoms. The maximum absolute atomic E-state index is 13.9. The highest BCUT2D eigenvalue weighted by molar-refractivity contribution is 7.09. The van der Waals surface area contributed by atoms with Gasteiger partial charge in [-0.2, -0.15) is 0 Å². The highest BCUT2D eigenvalue weighted by Gasteiger charge is 2.32. The van der Waals surface area contributed by atoms with E-state index in [9.17, 15) is 9.90 Å². The Hall–Kier alpha value is -2.90. The minimum atomic E-state index is -0.283. The van der Waals surface area contributed by atoms with Gasteiger partial charge in [0, 0.05) is 35.8 Å². The summed E-state index contributed by atoms with van der Waals surface area (Å²) in [6.45, 7) is 9.56. The molecule has 1 aromatic heterocycles. The van der Waals surface area contributed by atoms with Gasteiger partial charge in [-0.15, -0.1) is 11.3 Å². The highest BCUT2D eigenvalue weighted by atomic mass is 32.1. The van der Waals surface area contributed by atoms with Crippen molar-refractivity contribution < 1.29 is 19.4 Å². The molecule has 6 nitrogen and oxygen atoms in total. The molecule has 0 unspecified atom stereocenters. The molecule has 0 atom stereocenters. The van der Waals surface area contributed by atoms with E-state index in [1.807, 2.05) is 54.5 Å². The van der Waals surface area contributed by atoms with Crippen molar-refractivity contribution in [3.8, 4) is 5.75 Å². The van der Waals surface area contributed by atoms with Crippen LogP contribution in [-0.2, 0) is 16.1 Å². The van der Waals surface area contributed by atoms with E-state index in [4.69, 9.17) is 9.47 Å². The first-order valence-electron chi connectivity index (χ1n) is 14.5. The Balaban J connectivity index is 1.43. The Morgan fingerprint density at radius 1 is 1.10 bits per heavy atom. The van der Waals surface area contributed by atoms with Gasteiger partial charge in [0.2, 0.25) is 5.91 Å². The van der Waals surface area contributed by atoms with Gasteiger partial charge in [0.15, 0.2) is 0 Å². The average Bonchev–Trinajstić information content (AvgIpc) is 3.49. The molecule has 2 aromatic rings. The lowest BCUT2D eigenvalue weighted by Crippen LogP contribution is -2.42. The molecule has 1 heterocycles. The summed E-state index contributed by atoms with van der Waals surface area (Å²) in [5.41, 5.74) is 3.18. The number of allylic oxidation sites excluding steroid dienone is 4. The van der Waals surface area contributed by atoms with E-state index in [0.29, 0.717) is 37.8 Å². The molecular weight excluding hydrogens is 520 g/mol. The lowest BCUT2D eigenvalue weighted by Gasteiger charge is -2.36. The minimum Gasteiger partial charge on any atom is -0.497 e. The predicted octanol–water partition coefficient (Wildman–Crippen LogP) is 7.47. The van der Waals surface area contributed by atoms with Crippen LogP contribution in [0.15, 0.2) is 71.5 Å². The summed E-state index contributed by atoms with van der Waals surface area (Å²) in [5, 5.41) is 12.9. The number of ether oxygens (including phenoxy) is 2. The molecule has 2 saturated carbocycles. The molecule has 216 valence electrons. The number of hydrogen-bond acceptors (Lipinski definition) is 6. The smallest absolute Gasteiger partial charge is 0.230 e. The normalized spacial score (nSPS) is 23.0. The number of hydrogen-bond donors (Lipinski definition) is 1. The van der Waals surface area contributed by atoms with Crippen molar-refractivity contribution in [3.63, 3.8) is 0 Å². The lowest BCUT2D eigenvalue weighted by atomic mass is 9.78. The van der Waals surface area contributed by atoms with Crippen molar-refractivity contribution >= 4 is 22.9 Å². The Morgan fingerprint density at radius 2 is 1.82 bits per heavy atom. The SMILES string of the molecule is C=C(/C=C\C(OC)=C(C)C)C1CCC(CN(C(=O)C2CCC(O)CC2)c2cccc(OCc3nccs3)c2)CC1. The summed E-state index contributed by atoms with van der Waals surface area (Å²) in [7, 11) is 1.70. The maximum atomic E-state index is 13.9. The predicted molar refractivity (Wildman–Crippen MR) is 162 cm³/mol. The molecule has 1 amide bonds. The van der Waals surface area contributed by atoms with Crippen molar-refractivity contribution in [2.24, 2.45) is 17.8 Å². The molecule has 2 aliphatic carbocycles. The average molecular weight is 565 g/mol. The van der Waals surface area contributed by atoms with Crippen LogP contribution in [0.4, 0.5) is 5.69 Å². The first-order valence-corrected chi connectivity index (χ1v) is 15.4. The number of anilines is 1. The second kappa shape index (κ2) is 14.6. The Labute approximate surface area is 243 Å². The molecule has 0 bridgehead atoms. The van der Waals surface area contributed by atoms with Crippen molar-refractivity contribution in [1.29, 1.82) is 0 Å². The van der Waals surface area contributed by atoms with Crippen LogP contribution in [-0.4, -0.2) is 35.8 Å². The monoisotopic (exact) mass is 564 g/mol. The summed E-state index contributed by atoms with van der Waals surface area (Å²) >= 11 is 1.57. The van der Waals surface area contributed by atoms with Crippen LogP contribution in [0.5, 0.6) is 5.75 Å². The van der Waals surface area contributed by atoms with Gasteiger partial charge in [0.05, 0.1) is 13.2 Å². The Kier molecular flexibility index (Phi) is 11.0. The number of thiazole rings is 1. The van der Waals surface area contributed by atoms with E-state index < -0.39 is 0 Å². The van der Waals surface area contributed by atoms with Gasteiger partial charge in [0.25, 0.3) is 0 Å². The Morgan fingerprint density at radius 3 is 2.48 bits per heavy atom. The fourth-order valence-corrected chi connectivity index (χ4v) is 6.34. The van der Waals surface area contributed by atoms with Gasteiger partial charge in [-0.1, -0.05) is 24.3 Å². The number of aromatic nitrogens is 1. The zero-order valence-corrected chi connectivity index (χ0v) is 25.0. The third kappa shape index (κ3) is 8.31.